The molecule has 0 fully saturated rings. The van der Waals surface area contributed by atoms with Crippen LogP contribution in [0.2, 0.25) is 0 Å². The Morgan fingerprint density at radius 1 is 0.500 bits per heavy atom. The van der Waals surface area contributed by atoms with E-state index in [0.717, 1.165) is 55.3 Å². The Bertz CT molecular complexity index is 2110. The molecule has 0 spiro atoms. The second-order valence-electron chi connectivity index (χ2n) is 9.55. The van der Waals surface area contributed by atoms with Crippen molar-refractivity contribution in [1.29, 1.82) is 0 Å². The zero-order valence-electron chi connectivity index (χ0n) is 20.3. The van der Waals surface area contributed by atoms with Gasteiger partial charge in [-0.25, -0.2) is 9.97 Å². The molecule has 5 aromatic carbocycles. The molecule has 0 atom stereocenters. The van der Waals surface area contributed by atoms with Gasteiger partial charge in [0, 0.05) is 38.9 Å². The van der Waals surface area contributed by atoms with Gasteiger partial charge in [-0.3, -0.25) is 0 Å². The topological polar surface area (TPSA) is 54.7 Å². The normalized spacial score (nSPS) is 11.7. The molecule has 8 aromatic rings. The van der Waals surface area contributed by atoms with Crippen molar-refractivity contribution < 1.29 is 4.42 Å². The number of rotatable bonds is 3. The van der Waals surface area contributed by atoms with Crippen molar-refractivity contribution in [3.63, 3.8) is 0 Å². The summed E-state index contributed by atoms with van der Waals surface area (Å²) in [4.78, 5) is 13.6. The Morgan fingerprint density at radius 3 is 1.95 bits per heavy atom. The van der Waals surface area contributed by atoms with E-state index >= 15 is 0 Å². The summed E-state index contributed by atoms with van der Waals surface area (Å²) < 4.78 is 6.46. The number of nitrogens with zero attached hydrogens (tertiary/aromatic N) is 2. The van der Waals surface area contributed by atoms with Gasteiger partial charge in [0.1, 0.15) is 16.8 Å². The lowest BCUT2D eigenvalue weighted by atomic mass is 10.0. The van der Waals surface area contributed by atoms with Crippen LogP contribution in [0.25, 0.3) is 77.6 Å². The standard InChI is InChI=1S/C34H21N3O/c1-3-9-21(10-4-1)22-15-17-24(18-16-22)34-36-31(23-11-5-2-6-12-23)33-32(37-34)27-19-26-25-13-7-8-14-28(25)35-29(26)20-30(27)38-33/h1-20,35H. The highest BCUT2D eigenvalue weighted by Crippen LogP contribution is 2.38. The number of benzene rings is 5. The molecule has 38 heavy (non-hydrogen) atoms. The minimum atomic E-state index is 0.678. The maximum absolute atomic E-state index is 6.46. The summed E-state index contributed by atoms with van der Waals surface area (Å²) in [5, 5.41) is 3.33. The van der Waals surface area contributed by atoms with Gasteiger partial charge in [0.05, 0.1) is 5.52 Å². The Labute approximate surface area is 218 Å². The zero-order chi connectivity index (χ0) is 25.1. The second kappa shape index (κ2) is 8.15. The summed E-state index contributed by atoms with van der Waals surface area (Å²) in [5.41, 5.74) is 9.57. The van der Waals surface area contributed by atoms with Gasteiger partial charge in [-0.1, -0.05) is 103 Å². The number of aromatic amines is 1. The molecule has 0 aliphatic heterocycles. The molecule has 0 unspecified atom stereocenters. The van der Waals surface area contributed by atoms with Crippen molar-refractivity contribution in [2.75, 3.05) is 0 Å². The highest BCUT2D eigenvalue weighted by atomic mass is 16.3. The number of fused-ring (bicyclic) bond motifs is 6. The first-order valence-electron chi connectivity index (χ1n) is 12.7. The molecule has 0 radical (unpaired) electrons. The number of para-hydroxylation sites is 1. The van der Waals surface area contributed by atoms with E-state index in [9.17, 15) is 0 Å². The van der Waals surface area contributed by atoms with Crippen molar-refractivity contribution in [3.8, 4) is 33.8 Å². The molecule has 4 nitrogen and oxygen atoms in total. The number of furan rings is 1. The molecule has 0 saturated heterocycles. The van der Waals surface area contributed by atoms with Crippen LogP contribution >= 0.6 is 0 Å². The van der Waals surface area contributed by atoms with Crippen molar-refractivity contribution >= 4 is 43.9 Å². The van der Waals surface area contributed by atoms with E-state index < -0.39 is 0 Å². The van der Waals surface area contributed by atoms with Gasteiger partial charge < -0.3 is 9.40 Å². The number of aromatic nitrogens is 3. The molecule has 0 bridgehead atoms. The van der Waals surface area contributed by atoms with Gasteiger partial charge in [0.25, 0.3) is 0 Å². The fourth-order valence-corrected chi connectivity index (χ4v) is 5.35. The SMILES string of the molecule is c1ccc(-c2ccc(-c3nc(-c4ccccc4)c4oc5cc6[nH]c7ccccc7c6cc5c4n3)cc2)cc1. The van der Waals surface area contributed by atoms with Crippen LogP contribution in [0.15, 0.2) is 126 Å². The van der Waals surface area contributed by atoms with Crippen molar-refractivity contribution in [3.05, 3.63) is 121 Å². The summed E-state index contributed by atoms with van der Waals surface area (Å²) in [6.07, 6.45) is 0. The molecule has 3 heterocycles. The van der Waals surface area contributed by atoms with Gasteiger partial charge in [-0.15, -0.1) is 0 Å². The number of hydrogen-bond donors (Lipinski definition) is 1. The highest BCUT2D eigenvalue weighted by Gasteiger charge is 2.19. The Morgan fingerprint density at radius 2 is 1.16 bits per heavy atom. The first kappa shape index (κ1) is 20.9. The van der Waals surface area contributed by atoms with E-state index in [0.29, 0.717) is 11.4 Å². The summed E-state index contributed by atoms with van der Waals surface area (Å²) in [7, 11) is 0. The van der Waals surface area contributed by atoms with Crippen LogP contribution in [0.3, 0.4) is 0 Å². The Hall–Kier alpha value is -5.22. The van der Waals surface area contributed by atoms with Gasteiger partial charge in [-0.2, -0.15) is 0 Å². The van der Waals surface area contributed by atoms with Gasteiger partial charge in [0.2, 0.25) is 0 Å². The van der Waals surface area contributed by atoms with E-state index in [1.54, 1.807) is 0 Å². The molecule has 1 N–H and O–H groups in total. The zero-order valence-corrected chi connectivity index (χ0v) is 20.3. The van der Waals surface area contributed by atoms with Crippen molar-refractivity contribution in [2.45, 2.75) is 0 Å². The van der Waals surface area contributed by atoms with E-state index in [2.05, 4.69) is 96.0 Å². The lowest BCUT2D eigenvalue weighted by Gasteiger charge is -2.07. The van der Waals surface area contributed by atoms with Crippen LogP contribution in [0.1, 0.15) is 0 Å². The fourth-order valence-electron chi connectivity index (χ4n) is 5.35. The Kier molecular flexibility index (Phi) is 4.49. The molecule has 0 aliphatic carbocycles. The minimum absolute atomic E-state index is 0.678. The van der Waals surface area contributed by atoms with E-state index in [4.69, 9.17) is 14.4 Å². The molecule has 0 aliphatic rings. The number of nitrogens with one attached hydrogen (secondary N) is 1. The molecule has 8 rings (SSSR count). The van der Waals surface area contributed by atoms with Crippen LogP contribution in [-0.4, -0.2) is 15.0 Å². The van der Waals surface area contributed by atoms with Crippen LogP contribution < -0.4 is 0 Å². The van der Waals surface area contributed by atoms with E-state index in [1.165, 1.54) is 10.9 Å². The largest absolute Gasteiger partial charge is 0.452 e. The third kappa shape index (κ3) is 3.24. The molecule has 178 valence electrons. The molecule has 4 heteroatoms. The van der Waals surface area contributed by atoms with E-state index in [1.807, 2.05) is 30.3 Å². The molecule has 0 saturated carbocycles. The molecular weight excluding hydrogens is 466 g/mol. The average molecular weight is 488 g/mol. The first-order valence-corrected chi connectivity index (χ1v) is 12.7. The molecule has 3 aromatic heterocycles. The minimum Gasteiger partial charge on any atom is -0.452 e. The number of H-pyrrole nitrogens is 1. The predicted octanol–water partition coefficient (Wildman–Crippen LogP) is 9.01. The monoisotopic (exact) mass is 487 g/mol. The summed E-state index contributed by atoms with van der Waals surface area (Å²) in [5.74, 6) is 0.678. The number of hydrogen-bond acceptors (Lipinski definition) is 3. The summed E-state index contributed by atoms with van der Waals surface area (Å²) in [6, 6.07) is 41.7. The van der Waals surface area contributed by atoms with Crippen molar-refractivity contribution in [2.24, 2.45) is 0 Å². The highest BCUT2D eigenvalue weighted by molar-refractivity contribution is 6.16. The van der Waals surface area contributed by atoms with Crippen LogP contribution in [0.5, 0.6) is 0 Å². The lowest BCUT2D eigenvalue weighted by molar-refractivity contribution is 0.667. The smallest absolute Gasteiger partial charge is 0.180 e. The Balaban J connectivity index is 1.38. The van der Waals surface area contributed by atoms with Gasteiger partial charge in [0.15, 0.2) is 11.4 Å². The molecular formula is C34H21N3O. The average Bonchev–Trinajstić information content (AvgIpc) is 3.53. The first-order chi connectivity index (χ1) is 18.8. The summed E-state index contributed by atoms with van der Waals surface area (Å²) >= 11 is 0. The van der Waals surface area contributed by atoms with E-state index in [-0.39, 0.29) is 0 Å². The summed E-state index contributed by atoms with van der Waals surface area (Å²) in [6.45, 7) is 0. The van der Waals surface area contributed by atoms with Crippen LogP contribution in [0.4, 0.5) is 0 Å². The fraction of sp³-hybridized carbons (Fsp3) is 0. The van der Waals surface area contributed by atoms with Crippen LogP contribution in [0, 0.1) is 0 Å². The molecule has 0 amide bonds. The maximum Gasteiger partial charge on any atom is 0.180 e. The lowest BCUT2D eigenvalue weighted by Crippen LogP contribution is -1.94. The predicted molar refractivity (Wildman–Crippen MR) is 155 cm³/mol. The van der Waals surface area contributed by atoms with Gasteiger partial charge >= 0.3 is 0 Å². The van der Waals surface area contributed by atoms with Crippen molar-refractivity contribution in [1.82, 2.24) is 15.0 Å². The maximum atomic E-state index is 6.46. The van der Waals surface area contributed by atoms with Crippen LogP contribution in [-0.2, 0) is 0 Å². The quantitative estimate of drug-likeness (QED) is 0.270. The van der Waals surface area contributed by atoms with Gasteiger partial charge in [-0.05, 0) is 23.3 Å². The second-order valence-corrected chi connectivity index (χ2v) is 9.55. The third-order valence-corrected chi connectivity index (χ3v) is 7.24. The third-order valence-electron chi connectivity index (χ3n) is 7.24.